The minimum atomic E-state index is -0.514. The molecule has 4 rings (SSSR count). The van der Waals surface area contributed by atoms with Gasteiger partial charge in [0.25, 0.3) is 5.89 Å². The van der Waals surface area contributed by atoms with Gasteiger partial charge in [0, 0.05) is 12.0 Å². The van der Waals surface area contributed by atoms with Gasteiger partial charge in [-0.25, -0.2) is 4.79 Å². The smallest absolute Gasteiger partial charge is 0.338 e. The van der Waals surface area contributed by atoms with Gasteiger partial charge < -0.3 is 23.4 Å². The van der Waals surface area contributed by atoms with Crippen molar-refractivity contribution < 1.29 is 28.2 Å². The number of rotatable bonds is 5. The second kappa shape index (κ2) is 7.99. The summed E-state index contributed by atoms with van der Waals surface area (Å²) < 4.78 is 27.1. The van der Waals surface area contributed by atoms with E-state index in [4.69, 9.17) is 23.4 Å². The standard InChI is InChI=1S/C20H18N2O6/c1-24-15-6-3-13(4-7-15)19-22-21-18(28-19)12-27-20(23)14-5-8-16-17(11-14)26-10-2-9-25-16/h3-8,11H,2,9-10,12H2,1H3. The van der Waals surface area contributed by atoms with Crippen LogP contribution in [0.25, 0.3) is 11.5 Å². The third kappa shape index (κ3) is 3.90. The zero-order valence-electron chi connectivity index (χ0n) is 15.2. The van der Waals surface area contributed by atoms with E-state index < -0.39 is 5.97 Å². The maximum absolute atomic E-state index is 12.3. The first-order valence-corrected chi connectivity index (χ1v) is 8.76. The molecule has 0 fully saturated rings. The molecule has 1 aliphatic rings. The van der Waals surface area contributed by atoms with Gasteiger partial charge in [0.2, 0.25) is 5.89 Å². The third-order valence-electron chi connectivity index (χ3n) is 4.11. The molecule has 0 atom stereocenters. The third-order valence-corrected chi connectivity index (χ3v) is 4.11. The quantitative estimate of drug-likeness (QED) is 0.621. The summed E-state index contributed by atoms with van der Waals surface area (Å²) in [5.74, 6) is 1.91. The van der Waals surface area contributed by atoms with Crippen molar-refractivity contribution in [1.82, 2.24) is 10.2 Å². The van der Waals surface area contributed by atoms with Gasteiger partial charge in [-0.3, -0.25) is 0 Å². The average molecular weight is 382 g/mol. The van der Waals surface area contributed by atoms with E-state index in [1.807, 2.05) is 0 Å². The molecule has 8 nitrogen and oxygen atoms in total. The molecule has 0 saturated heterocycles. The van der Waals surface area contributed by atoms with E-state index in [1.165, 1.54) is 0 Å². The predicted molar refractivity (Wildman–Crippen MR) is 97.5 cm³/mol. The lowest BCUT2D eigenvalue weighted by Crippen LogP contribution is -2.06. The van der Waals surface area contributed by atoms with Gasteiger partial charge in [-0.15, -0.1) is 10.2 Å². The Bertz CT molecular complexity index is 967. The fraction of sp³-hybridized carbons (Fsp3) is 0.250. The summed E-state index contributed by atoms with van der Waals surface area (Å²) in [5, 5.41) is 7.89. The van der Waals surface area contributed by atoms with Gasteiger partial charge in [-0.2, -0.15) is 0 Å². The van der Waals surface area contributed by atoms with Crippen LogP contribution in [0.2, 0.25) is 0 Å². The lowest BCUT2D eigenvalue weighted by Gasteiger charge is -2.08. The first-order valence-electron chi connectivity index (χ1n) is 8.76. The number of hydrogen-bond donors (Lipinski definition) is 0. The number of ether oxygens (including phenoxy) is 4. The minimum absolute atomic E-state index is 0.129. The largest absolute Gasteiger partial charge is 0.497 e. The number of hydrogen-bond acceptors (Lipinski definition) is 8. The molecule has 3 aromatic rings. The highest BCUT2D eigenvalue weighted by molar-refractivity contribution is 5.90. The van der Waals surface area contributed by atoms with Gasteiger partial charge in [0.05, 0.1) is 25.9 Å². The second-order valence-electron chi connectivity index (χ2n) is 6.02. The van der Waals surface area contributed by atoms with Gasteiger partial charge in [0.1, 0.15) is 5.75 Å². The number of carbonyl (C=O) groups is 1. The van der Waals surface area contributed by atoms with Crippen molar-refractivity contribution in [2.75, 3.05) is 20.3 Å². The molecule has 2 heterocycles. The summed E-state index contributed by atoms with van der Waals surface area (Å²) in [5.41, 5.74) is 1.10. The van der Waals surface area contributed by atoms with E-state index >= 15 is 0 Å². The highest BCUT2D eigenvalue weighted by Gasteiger charge is 2.16. The monoisotopic (exact) mass is 382 g/mol. The number of esters is 1. The SMILES string of the molecule is COc1ccc(-c2nnc(COC(=O)c3ccc4c(c3)OCCCO4)o2)cc1. The van der Waals surface area contributed by atoms with Gasteiger partial charge in [0.15, 0.2) is 18.1 Å². The fourth-order valence-electron chi connectivity index (χ4n) is 2.66. The van der Waals surface area contributed by atoms with Crippen LogP contribution in [0.3, 0.4) is 0 Å². The molecule has 0 radical (unpaired) electrons. The molecule has 0 N–H and O–H groups in total. The van der Waals surface area contributed by atoms with Crippen LogP contribution < -0.4 is 14.2 Å². The maximum atomic E-state index is 12.3. The number of benzene rings is 2. The summed E-state index contributed by atoms with van der Waals surface area (Å²) >= 11 is 0. The Balaban J connectivity index is 1.40. The summed E-state index contributed by atoms with van der Waals surface area (Å²) in [7, 11) is 1.59. The normalized spacial score (nSPS) is 12.9. The van der Waals surface area contributed by atoms with E-state index in [1.54, 1.807) is 49.6 Å². The lowest BCUT2D eigenvalue weighted by molar-refractivity contribution is 0.0438. The van der Waals surface area contributed by atoms with E-state index in [-0.39, 0.29) is 12.5 Å². The zero-order valence-corrected chi connectivity index (χ0v) is 15.2. The Kier molecular flexibility index (Phi) is 5.09. The van der Waals surface area contributed by atoms with E-state index in [0.29, 0.717) is 36.2 Å². The van der Waals surface area contributed by atoms with Crippen LogP contribution in [-0.4, -0.2) is 36.5 Å². The summed E-state index contributed by atoms with van der Waals surface area (Å²) in [6.07, 6.45) is 0.794. The van der Waals surface area contributed by atoms with Crippen LogP contribution in [-0.2, 0) is 11.3 Å². The molecule has 2 aromatic carbocycles. The lowest BCUT2D eigenvalue weighted by atomic mass is 10.2. The zero-order chi connectivity index (χ0) is 19.3. The van der Waals surface area contributed by atoms with Crippen molar-refractivity contribution in [2.24, 2.45) is 0 Å². The van der Waals surface area contributed by atoms with Gasteiger partial charge in [-0.05, 0) is 42.5 Å². The van der Waals surface area contributed by atoms with Crippen LogP contribution in [0.5, 0.6) is 17.2 Å². The van der Waals surface area contributed by atoms with Crippen molar-refractivity contribution in [2.45, 2.75) is 13.0 Å². The van der Waals surface area contributed by atoms with E-state index in [2.05, 4.69) is 10.2 Å². The summed E-state index contributed by atoms with van der Waals surface area (Å²) in [6.45, 7) is 1.00. The summed E-state index contributed by atoms with van der Waals surface area (Å²) in [4.78, 5) is 12.3. The number of fused-ring (bicyclic) bond motifs is 1. The molecule has 0 aliphatic carbocycles. The molecule has 1 aromatic heterocycles. The molecule has 0 saturated carbocycles. The molecule has 0 spiro atoms. The van der Waals surface area contributed by atoms with Crippen LogP contribution in [0.15, 0.2) is 46.9 Å². The van der Waals surface area contributed by atoms with Crippen LogP contribution in [0, 0.1) is 0 Å². The number of aromatic nitrogens is 2. The number of methoxy groups -OCH3 is 1. The highest BCUT2D eigenvalue weighted by Crippen LogP contribution is 2.30. The molecular weight excluding hydrogens is 364 g/mol. The van der Waals surface area contributed by atoms with Crippen molar-refractivity contribution in [3.63, 3.8) is 0 Å². The molecule has 1 aliphatic heterocycles. The first-order chi connectivity index (χ1) is 13.7. The summed E-state index contributed by atoms with van der Waals surface area (Å²) in [6, 6.07) is 12.1. The van der Waals surface area contributed by atoms with E-state index in [0.717, 1.165) is 17.7 Å². The van der Waals surface area contributed by atoms with Crippen molar-refractivity contribution >= 4 is 5.97 Å². The van der Waals surface area contributed by atoms with Gasteiger partial charge >= 0.3 is 5.97 Å². The van der Waals surface area contributed by atoms with Crippen molar-refractivity contribution in [1.29, 1.82) is 0 Å². The molecular formula is C20H18N2O6. The molecule has 8 heteroatoms. The Labute approximate surface area is 161 Å². The highest BCUT2D eigenvalue weighted by atomic mass is 16.5. The predicted octanol–water partition coefficient (Wildman–Crippen LogP) is 3.26. The molecule has 144 valence electrons. The molecule has 28 heavy (non-hydrogen) atoms. The Morgan fingerprint density at radius 3 is 2.61 bits per heavy atom. The molecule has 0 bridgehead atoms. The minimum Gasteiger partial charge on any atom is -0.497 e. The fourth-order valence-corrected chi connectivity index (χ4v) is 2.66. The van der Waals surface area contributed by atoms with Crippen LogP contribution in [0.1, 0.15) is 22.7 Å². The second-order valence-corrected chi connectivity index (χ2v) is 6.02. The maximum Gasteiger partial charge on any atom is 0.338 e. The van der Waals surface area contributed by atoms with Gasteiger partial charge in [-0.1, -0.05) is 0 Å². The molecule has 0 amide bonds. The van der Waals surface area contributed by atoms with Crippen molar-refractivity contribution in [3.8, 4) is 28.7 Å². The van der Waals surface area contributed by atoms with Crippen molar-refractivity contribution in [3.05, 3.63) is 53.9 Å². The topological polar surface area (TPSA) is 92.9 Å². The van der Waals surface area contributed by atoms with E-state index in [9.17, 15) is 4.79 Å². The molecule has 0 unspecified atom stereocenters. The first kappa shape index (κ1) is 17.8. The van der Waals surface area contributed by atoms with Crippen LogP contribution >= 0.6 is 0 Å². The Hall–Kier alpha value is -3.55. The Morgan fingerprint density at radius 1 is 1.04 bits per heavy atom. The number of nitrogens with zero attached hydrogens (tertiary/aromatic N) is 2. The van der Waals surface area contributed by atoms with Crippen LogP contribution in [0.4, 0.5) is 0 Å². The Morgan fingerprint density at radius 2 is 1.82 bits per heavy atom. The number of carbonyl (C=O) groups excluding carboxylic acids is 1. The average Bonchev–Trinajstić information content (AvgIpc) is 3.09.